The number of nitrogens with zero attached hydrogens (tertiary/aromatic N) is 2. The predicted octanol–water partition coefficient (Wildman–Crippen LogP) is 3.44. The average molecular weight is 367 g/mol. The van der Waals surface area contributed by atoms with E-state index >= 15 is 0 Å². The van der Waals surface area contributed by atoms with Crippen LogP contribution in [0.1, 0.15) is 31.3 Å². The van der Waals surface area contributed by atoms with Crippen LogP contribution in [0.2, 0.25) is 0 Å². The summed E-state index contributed by atoms with van der Waals surface area (Å²) in [4.78, 5) is 33.1. The van der Waals surface area contributed by atoms with Gasteiger partial charge in [0.2, 0.25) is 0 Å². The number of hydrogen-bond acceptors (Lipinski definition) is 3. The summed E-state index contributed by atoms with van der Waals surface area (Å²) in [5, 5.41) is 1.15. The molecule has 1 fully saturated rings. The van der Waals surface area contributed by atoms with Gasteiger partial charge in [-0.2, -0.15) is 0 Å². The van der Waals surface area contributed by atoms with Crippen LogP contribution in [-0.2, 0) is 0 Å². The van der Waals surface area contributed by atoms with Gasteiger partial charge in [0.1, 0.15) is 0 Å². The van der Waals surface area contributed by atoms with Gasteiger partial charge in [0, 0.05) is 42.8 Å². The van der Waals surface area contributed by atoms with Gasteiger partial charge in [0.05, 0.1) is 10.4 Å². The van der Waals surface area contributed by atoms with Crippen LogP contribution in [0.5, 0.6) is 0 Å². The Kier molecular flexibility index (Phi) is 4.28. The average Bonchev–Trinajstić information content (AvgIpc) is 3.24. The van der Waals surface area contributed by atoms with E-state index in [9.17, 15) is 9.59 Å². The highest BCUT2D eigenvalue weighted by atomic mass is 32.1. The Morgan fingerprint density at radius 3 is 2.23 bits per heavy atom. The third-order valence-corrected chi connectivity index (χ3v) is 6.34. The molecule has 2 aromatic heterocycles. The Morgan fingerprint density at radius 1 is 0.962 bits per heavy atom. The topological polar surface area (TPSA) is 56.4 Å². The minimum absolute atomic E-state index is 0.0360. The Labute approximate surface area is 156 Å². The lowest BCUT2D eigenvalue weighted by atomic mass is 10.1. The first-order chi connectivity index (χ1) is 12.6. The smallest absolute Gasteiger partial charge is 0.264 e. The highest BCUT2D eigenvalue weighted by molar-refractivity contribution is 7.21. The summed E-state index contributed by atoms with van der Waals surface area (Å²) < 4.78 is 1.14. The van der Waals surface area contributed by atoms with E-state index in [2.05, 4.69) is 17.1 Å². The molecule has 0 aliphatic carbocycles. The van der Waals surface area contributed by atoms with Crippen molar-refractivity contribution in [2.24, 2.45) is 0 Å². The van der Waals surface area contributed by atoms with Crippen LogP contribution >= 0.6 is 11.3 Å². The molecule has 1 N–H and O–H groups in total. The highest BCUT2D eigenvalue weighted by Gasteiger charge is 2.28. The number of amides is 2. The van der Waals surface area contributed by atoms with Crippen molar-refractivity contribution < 1.29 is 9.59 Å². The molecule has 1 aliphatic heterocycles. The molecule has 0 atom stereocenters. The molecule has 3 aromatic rings. The molecule has 0 saturated carbocycles. The lowest BCUT2D eigenvalue weighted by molar-refractivity contribution is 0.0537. The van der Waals surface area contributed by atoms with Crippen LogP contribution in [0.3, 0.4) is 0 Å². The summed E-state index contributed by atoms with van der Waals surface area (Å²) in [6.45, 7) is 6.19. The van der Waals surface area contributed by atoms with Gasteiger partial charge in [-0.3, -0.25) is 9.59 Å². The molecule has 1 aromatic carbocycles. The molecule has 6 heteroatoms. The first kappa shape index (κ1) is 16.8. The first-order valence-electron chi connectivity index (χ1n) is 8.77. The summed E-state index contributed by atoms with van der Waals surface area (Å²) >= 11 is 1.56. The van der Waals surface area contributed by atoms with E-state index in [1.165, 1.54) is 0 Å². The molecule has 134 valence electrons. The van der Waals surface area contributed by atoms with Gasteiger partial charge in [-0.05, 0) is 36.9 Å². The second kappa shape index (κ2) is 6.61. The van der Waals surface area contributed by atoms with Gasteiger partial charge >= 0.3 is 0 Å². The quantitative estimate of drug-likeness (QED) is 0.754. The van der Waals surface area contributed by atoms with E-state index in [-0.39, 0.29) is 11.8 Å². The molecule has 3 heterocycles. The molecule has 26 heavy (non-hydrogen) atoms. The van der Waals surface area contributed by atoms with Crippen molar-refractivity contribution in [2.45, 2.75) is 13.8 Å². The molecular formula is C20H21N3O2S. The van der Waals surface area contributed by atoms with Crippen LogP contribution in [0.15, 0.2) is 36.5 Å². The summed E-state index contributed by atoms with van der Waals surface area (Å²) in [5.41, 5.74) is 2.65. The van der Waals surface area contributed by atoms with Gasteiger partial charge in [-0.25, -0.2) is 0 Å². The predicted molar refractivity (Wildman–Crippen MR) is 104 cm³/mol. The second-order valence-corrected chi connectivity index (χ2v) is 7.71. The summed E-state index contributed by atoms with van der Waals surface area (Å²) in [6, 6.07) is 9.94. The molecule has 0 bridgehead atoms. The van der Waals surface area contributed by atoms with E-state index in [0.717, 1.165) is 26.2 Å². The number of aromatic amines is 1. The van der Waals surface area contributed by atoms with Crippen LogP contribution in [0.4, 0.5) is 0 Å². The standard InChI is InChI=1S/C20H21N3O2S/c1-13-15-5-3-4-6-17(15)26-18(13)20(25)23-11-9-22(10-12-23)19(24)16-7-8-21-14(16)2/h3-8,21H,9-12H2,1-2H3. The van der Waals surface area contributed by atoms with Crippen molar-refractivity contribution >= 4 is 33.2 Å². The fourth-order valence-electron chi connectivity index (χ4n) is 3.49. The molecular weight excluding hydrogens is 346 g/mol. The van der Waals surface area contributed by atoms with E-state index < -0.39 is 0 Å². The Morgan fingerprint density at radius 2 is 1.62 bits per heavy atom. The number of H-pyrrole nitrogens is 1. The van der Waals surface area contributed by atoms with E-state index in [1.807, 2.05) is 41.8 Å². The lowest BCUT2D eigenvalue weighted by Crippen LogP contribution is -2.50. The first-order valence-corrected chi connectivity index (χ1v) is 9.58. The van der Waals surface area contributed by atoms with Crippen LogP contribution in [-0.4, -0.2) is 52.8 Å². The normalized spacial score (nSPS) is 14.8. The Balaban J connectivity index is 1.47. The fraction of sp³-hybridized carbons (Fsp3) is 0.300. The number of thiophene rings is 1. The van der Waals surface area contributed by atoms with E-state index in [0.29, 0.717) is 31.7 Å². The highest BCUT2D eigenvalue weighted by Crippen LogP contribution is 2.31. The maximum atomic E-state index is 13.0. The summed E-state index contributed by atoms with van der Waals surface area (Å²) in [7, 11) is 0. The SMILES string of the molecule is Cc1[nH]ccc1C(=O)N1CCN(C(=O)c2sc3ccccc3c2C)CC1. The number of carbonyl (C=O) groups excluding carboxylic acids is 2. The van der Waals surface area contributed by atoms with Crippen LogP contribution in [0.25, 0.3) is 10.1 Å². The molecule has 5 nitrogen and oxygen atoms in total. The minimum atomic E-state index is 0.0360. The van der Waals surface area contributed by atoms with Gasteiger partial charge < -0.3 is 14.8 Å². The van der Waals surface area contributed by atoms with Gasteiger partial charge in [0.15, 0.2) is 0 Å². The zero-order chi connectivity index (χ0) is 18.3. The molecule has 1 aliphatic rings. The number of carbonyl (C=O) groups is 2. The zero-order valence-electron chi connectivity index (χ0n) is 14.9. The maximum absolute atomic E-state index is 13.0. The van der Waals surface area contributed by atoms with Crippen molar-refractivity contribution in [1.29, 1.82) is 0 Å². The van der Waals surface area contributed by atoms with Crippen molar-refractivity contribution in [3.05, 3.63) is 58.2 Å². The molecule has 0 unspecified atom stereocenters. The van der Waals surface area contributed by atoms with Crippen LogP contribution < -0.4 is 0 Å². The largest absolute Gasteiger partial charge is 0.365 e. The van der Waals surface area contributed by atoms with Crippen molar-refractivity contribution in [2.75, 3.05) is 26.2 Å². The third kappa shape index (κ3) is 2.80. The zero-order valence-corrected chi connectivity index (χ0v) is 15.7. The number of piperazine rings is 1. The number of nitrogens with one attached hydrogen (secondary N) is 1. The van der Waals surface area contributed by atoms with Crippen molar-refractivity contribution in [1.82, 2.24) is 14.8 Å². The Hall–Kier alpha value is -2.60. The Bertz CT molecular complexity index is 980. The molecule has 1 saturated heterocycles. The number of hydrogen-bond donors (Lipinski definition) is 1. The fourth-order valence-corrected chi connectivity index (χ4v) is 4.67. The maximum Gasteiger partial charge on any atom is 0.264 e. The summed E-state index contributed by atoms with van der Waals surface area (Å²) in [5.74, 6) is 0.113. The number of aromatic nitrogens is 1. The third-order valence-electron chi connectivity index (χ3n) is 5.08. The molecule has 0 radical (unpaired) electrons. The monoisotopic (exact) mass is 367 g/mol. The van der Waals surface area contributed by atoms with E-state index in [4.69, 9.17) is 0 Å². The van der Waals surface area contributed by atoms with Crippen LogP contribution in [0, 0.1) is 13.8 Å². The van der Waals surface area contributed by atoms with Gasteiger partial charge in [-0.1, -0.05) is 18.2 Å². The summed E-state index contributed by atoms with van der Waals surface area (Å²) in [6.07, 6.45) is 1.78. The van der Waals surface area contributed by atoms with Gasteiger partial charge in [0.25, 0.3) is 11.8 Å². The lowest BCUT2D eigenvalue weighted by Gasteiger charge is -2.34. The molecule has 0 spiro atoms. The molecule has 2 amide bonds. The molecule has 4 rings (SSSR count). The van der Waals surface area contributed by atoms with E-state index in [1.54, 1.807) is 17.5 Å². The number of aryl methyl sites for hydroxylation is 2. The number of fused-ring (bicyclic) bond motifs is 1. The van der Waals surface area contributed by atoms with Crippen molar-refractivity contribution in [3.8, 4) is 0 Å². The number of rotatable bonds is 2. The minimum Gasteiger partial charge on any atom is -0.365 e. The number of benzene rings is 1. The van der Waals surface area contributed by atoms with Gasteiger partial charge in [-0.15, -0.1) is 11.3 Å². The van der Waals surface area contributed by atoms with Crippen molar-refractivity contribution in [3.63, 3.8) is 0 Å². The second-order valence-electron chi connectivity index (χ2n) is 6.65.